The van der Waals surface area contributed by atoms with E-state index in [1.54, 1.807) is 25.1 Å². The SMILES string of the molecule is CC(CNC(=O)[C@@H]1CC[C@H](CN)O1)Oc1ccccc1F. The van der Waals surface area contributed by atoms with Gasteiger partial charge in [-0.2, -0.15) is 0 Å². The monoisotopic (exact) mass is 296 g/mol. The number of rotatable bonds is 6. The molecule has 1 unspecified atom stereocenters. The van der Waals surface area contributed by atoms with E-state index in [4.69, 9.17) is 15.2 Å². The number of halogens is 1. The standard InChI is InChI=1S/C15H21FN2O3/c1-10(20-13-5-3-2-4-12(13)16)9-18-15(19)14-7-6-11(8-17)21-14/h2-5,10-11,14H,6-9,17H2,1H3,(H,18,19)/t10?,11-,14+/m1/s1. The summed E-state index contributed by atoms with van der Waals surface area (Å²) in [7, 11) is 0. The van der Waals surface area contributed by atoms with Crippen LogP contribution in [0.15, 0.2) is 24.3 Å². The van der Waals surface area contributed by atoms with E-state index >= 15 is 0 Å². The molecular weight excluding hydrogens is 275 g/mol. The molecule has 1 fully saturated rings. The number of amides is 1. The predicted molar refractivity (Wildman–Crippen MR) is 76.4 cm³/mol. The number of carbonyl (C=O) groups is 1. The molecule has 1 amide bonds. The highest BCUT2D eigenvalue weighted by Gasteiger charge is 2.29. The molecule has 1 aliphatic heterocycles. The first-order valence-electron chi connectivity index (χ1n) is 7.14. The lowest BCUT2D eigenvalue weighted by molar-refractivity contribution is -0.132. The number of carbonyl (C=O) groups excluding carboxylic acids is 1. The van der Waals surface area contributed by atoms with Crippen LogP contribution in [0, 0.1) is 5.82 Å². The van der Waals surface area contributed by atoms with Crippen LogP contribution in [0.3, 0.4) is 0 Å². The van der Waals surface area contributed by atoms with Gasteiger partial charge in [-0.3, -0.25) is 4.79 Å². The quantitative estimate of drug-likeness (QED) is 0.827. The van der Waals surface area contributed by atoms with Crippen LogP contribution in [-0.4, -0.2) is 37.3 Å². The maximum Gasteiger partial charge on any atom is 0.249 e. The number of ether oxygens (including phenoxy) is 2. The van der Waals surface area contributed by atoms with Gasteiger partial charge in [0.25, 0.3) is 0 Å². The molecule has 1 aromatic carbocycles. The minimum Gasteiger partial charge on any atom is -0.486 e. The molecule has 5 nitrogen and oxygen atoms in total. The van der Waals surface area contributed by atoms with Crippen molar-refractivity contribution in [2.24, 2.45) is 5.73 Å². The second-order valence-electron chi connectivity index (χ2n) is 5.16. The molecule has 21 heavy (non-hydrogen) atoms. The van der Waals surface area contributed by atoms with Gasteiger partial charge >= 0.3 is 0 Å². The Bertz CT molecular complexity index is 484. The molecule has 1 aromatic rings. The van der Waals surface area contributed by atoms with Crippen molar-refractivity contribution in [3.63, 3.8) is 0 Å². The zero-order valence-corrected chi connectivity index (χ0v) is 12.0. The average molecular weight is 296 g/mol. The van der Waals surface area contributed by atoms with E-state index in [2.05, 4.69) is 5.32 Å². The zero-order chi connectivity index (χ0) is 15.2. The fraction of sp³-hybridized carbons (Fsp3) is 0.533. The Morgan fingerprint density at radius 3 is 2.95 bits per heavy atom. The first-order valence-corrected chi connectivity index (χ1v) is 7.14. The summed E-state index contributed by atoms with van der Waals surface area (Å²) in [5.41, 5.74) is 5.51. The van der Waals surface area contributed by atoms with Crippen molar-refractivity contribution in [1.29, 1.82) is 0 Å². The molecule has 3 N–H and O–H groups in total. The number of benzene rings is 1. The minimum atomic E-state index is -0.445. The van der Waals surface area contributed by atoms with Crippen LogP contribution in [0.5, 0.6) is 5.75 Å². The van der Waals surface area contributed by atoms with Crippen LogP contribution < -0.4 is 15.8 Å². The maximum absolute atomic E-state index is 13.4. The van der Waals surface area contributed by atoms with Crippen molar-refractivity contribution in [2.75, 3.05) is 13.1 Å². The van der Waals surface area contributed by atoms with Gasteiger partial charge in [0.05, 0.1) is 12.6 Å². The van der Waals surface area contributed by atoms with Gasteiger partial charge < -0.3 is 20.5 Å². The molecule has 1 saturated heterocycles. The number of hydrogen-bond donors (Lipinski definition) is 2. The summed E-state index contributed by atoms with van der Waals surface area (Å²) < 4.78 is 24.4. The van der Waals surface area contributed by atoms with Crippen LogP contribution in [0.25, 0.3) is 0 Å². The summed E-state index contributed by atoms with van der Waals surface area (Å²) >= 11 is 0. The molecule has 0 saturated carbocycles. The van der Waals surface area contributed by atoms with Crippen molar-refractivity contribution in [1.82, 2.24) is 5.32 Å². The molecule has 6 heteroatoms. The normalized spacial score (nSPS) is 22.8. The molecule has 116 valence electrons. The van der Waals surface area contributed by atoms with E-state index in [-0.39, 0.29) is 23.9 Å². The van der Waals surface area contributed by atoms with Crippen LogP contribution in [-0.2, 0) is 9.53 Å². The third-order valence-corrected chi connectivity index (χ3v) is 3.39. The van der Waals surface area contributed by atoms with E-state index in [9.17, 15) is 9.18 Å². The van der Waals surface area contributed by atoms with Gasteiger partial charge in [0.15, 0.2) is 11.6 Å². The highest BCUT2D eigenvalue weighted by atomic mass is 19.1. The van der Waals surface area contributed by atoms with Crippen LogP contribution in [0.1, 0.15) is 19.8 Å². The molecular formula is C15H21FN2O3. The Kier molecular flexibility index (Phi) is 5.52. The summed E-state index contributed by atoms with van der Waals surface area (Å²) in [4.78, 5) is 11.9. The largest absolute Gasteiger partial charge is 0.486 e. The second kappa shape index (κ2) is 7.38. The van der Waals surface area contributed by atoms with E-state index in [0.717, 1.165) is 6.42 Å². The van der Waals surface area contributed by atoms with Gasteiger partial charge in [-0.1, -0.05) is 12.1 Å². The highest BCUT2D eigenvalue weighted by Crippen LogP contribution is 2.19. The summed E-state index contributed by atoms with van der Waals surface area (Å²) in [6, 6.07) is 6.18. The molecule has 0 aromatic heterocycles. The Morgan fingerprint density at radius 1 is 1.52 bits per heavy atom. The number of para-hydroxylation sites is 1. The molecule has 2 rings (SSSR count). The third-order valence-electron chi connectivity index (χ3n) is 3.39. The van der Waals surface area contributed by atoms with Crippen molar-refractivity contribution < 1.29 is 18.7 Å². The summed E-state index contributed by atoms with van der Waals surface area (Å²) in [6.07, 6.45) is 0.663. The van der Waals surface area contributed by atoms with Gasteiger partial charge in [0, 0.05) is 6.54 Å². The Morgan fingerprint density at radius 2 is 2.29 bits per heavy atom. The molecule has 1 heterocycles. The average Bonchev–Trinajstić information content (AvgIpc) is 2.96. The van der Waals surface area contributed by atoms with Crippen LogP contribution in [0.2, 0.25) is 0 Å². The highest BCUT2D eigenvalue weighted by molar-refractivity contribution is 5.81. The lowest BCUT2D eigenvalue weighted by Crippen LogP contribution is -2.40. The summed E-state index contributed by atoms with van der Waals surface area (Å²) in [5.74, 6) is -0.407. The number of nitrogens with one attached hydrogen (secondary N) is 1. The first kappa shape index (κ1) is 15.7. The van der Waals surface area contributed by atoms with Crippen molar-refractivity contribution >= 4 is 5.91 Å². The molecule has 0 spiro atoms. The van der Waals surface area contributed by atoms with Crippen molar-refractivity contribution in [3.8, 4) is 5.75 Å². The van der Waals surface area contributed by atoms with Gasteiger partial charge in [-0.05, 0) is 31.9 Å². The van der Waals surface area contributed by atoms with E-state index in [1.165, 1.54) is 6.07 Å². The van der Waals surface area contributed by atoms with Gasteiger partial charge in [0.2, 0.25) is 5.91 Å². The smallest absolute Gasteiger partial charge is 0.249 e. The van der Waals surface area contributed by atoms with Crippen molar-refractivity contribution in [3.05, 3.63) is 30.1 Å². The van der Waals surface area contributed by atoms with Gasteiger partial charge in [-0.25, -0.2) is 4.39 Å². The number of hydrogen-bond acceptors (Lipinski definition) is 4. The van der Waals surface area contributed by atoms with Gasteiger partial charge in [0.1, 0.15) is 12.2 Å². The molecule has 0 bridgehead atoms. The van der Waals surface area contributed by atoms with Crippen molar-refractivity contribution in [2.45, 2.75) is 38.1 Å². The van der Waals surface area contributed by atoms with E-state index in [0.29, 0.717) is 19.5 Å². The summed E-state index contributed by atoms with van der Waals surface area (Å²) in [6.45, 7) is 2.49. The number of nitrogens with two attached hydrogens (primary N) is 1. The predicted octanol–water partition coefficient (Wildman–Crippen LogP) is 1.22. The third kappa shape index (κ3) is 4.41. The molecule has 0 radical (unpaired) electrons. The lowest BCUT2D eigenvalue weighted by atomic mass is 10.2. The Labute approximate surface area is 123 Å². The fourth-order valence-corrected chi connectivity index (χ4v) is 2.23. The minimum absolute atomic E-state index is 0.0344. The van der Waals surface area contributed by atoms with Crippen LogP contribution in [0.4, 0.5) is 4.39 Å². The molecule has 0 aliphatic carbocycles. The lowest BCUT2D eigenvalue weighted by Gasteiger charge is -2.17. The molecule has 1 aliphatic rings. The second-order valence-corrected chi connectivity index (χ2v) is 5.16. The van der Waals surface area contributed by atoms with E-state index in [1.807, 2.05) is 0 Å². The van der Waals surface area contributed by atoms with Gasteiger partial charge in [-0.15, -0.1) is 0 Å². The Hall–Kier alpha value is -1.66. The fourth-order valence-electron chi connectivity index (χ4n) is 2.23. The van der Waals surface area contributed by atoms with Crippen LogP contribution >= 0.6 is 0 Å². The Balaban J connectivity index is 1.75. The first-order chi connectivity index (χ1) is 10.1. The maximum atomic E-state index is 13.4. The molecule has 3 atom stereocenters. The van der Waals surface area contributed by atoms with E-state index < -0.39 is 11.9 Å². The topological polar surface area (TPSA) is 73.6 Å². The zero-order valence-electron chi connectivity index (χ0n) is 12.0. The summed E-state index contributed by atoms with van der Waals surface area (Å²) in [5, 5.41) is 2.76.